The molecule has 3 nitrogen and oxygen atoms in total. The zero-order valence-electron chi connectivity index (χ0n) is 9.11. The maximum absolute atomic E-state index is 5.84. The molecule has 2 heterocycles. The Morgan fingerprint density at radius 2 is 2.44 bits per heavy atom. The Morgan fingerprint density at radius 3 is 3.06 bits per heavy atom. The average Bonchev–Trinajstić information content (AvgIpc) is 2.83. The van der Waals surface area contributed by atoms with Gasteiger partial charge in [0.2, 0.25) is 0 Å². The van der Waals surface area contributed by atoms with E-state index in [-0.39, 0.29) is 0 Å². The molecule has 0 fully saturated rings. The highest BCUT2D eigenvalue weighted by molar-refractivity contribution is 7.10. The Morgan fingerprint density at radius 1 is 1.56 bits per heavy atom. The van der Waals surface area contributed by atoms with Crippen molar-refractivity contribution in [1.82, 2.24) is 15.1 Å². The van der Waals surface area contributed by atoms with Gasteiger partial charge in [-0.1, -0.05) is 11.6 Å². The van der Waals surface area contributed by atoms with E-state index < -0.39 is 0 Å². The van der Waals surface area contributed by atoms with Gasteiger partial charge in [-0.3, -0.25) is 4.68 Å². The van der Waals surface area contributed by atoms with Crippen molar-refractivity contribution >= 4 is 22.9 Å². The fourth-order valence-corrected chi connectivity index (χ4v) is 2.53. The zero-order valence-corrected chi connectivity index (χ0v) is 10.7. The van der Waals surface area contributed by atoms with Gasteiger partial charge < -0.3 is 5.32 Å². The quantitative estimate of drug-likeness (QED) is 0.832. The van der Waals surface area contributed by atoms with Gasteiger partial charge in [0.15, 0.2) is 0 Å². The maximum atomic E-state index is 5.84. The molecule has 1 N–H and O–H groups in total. The molecule has 5 heteroatoms. The molecule has 0 radical (unpaired) electrons. The first-order chi connectivity index (χ1) is 7.74. The van der Waals surface area contributed by atoms with Crippen molar-refractivity contribution in [1.29, 1.82) is 0 Å². The number of aromatic nitrogens is 2. The number of thiophene rings is 1. The highest BCUT2D eigenvalue weighted by Crippen LogP contribution is 2.18. The Labute approximate surface area is 104 Å². The summed E-state index contributed by atoms with van der Waals surface area (Å²) >= 11 is 7.53. The third-order valence-electron chi connectivity index (χ3n) is 2.27. The molecular formula is C11H14ClN3S. The van der Waals surface area contributed by atoms with Crippen LogP contribution >= 0.6 is 22.9 Å². The average molecular weight is 256 g/mol. The minimum absolute atomic E-state index is 0.828. The molecule has 0 aliphatic carbocycles. The van der Waals surface area contributed by atoms with Crippen LogP contribution in [0, 0.1) is 0 Å². The number of hydrogen-bond acceptors (Lipinski definition) is 3. The van der Waals surface area contributed by atoms with E-state index in [0.29, 0.717) is 0 Å². The summed E-state index contributed by atoms with van der Waals surface area (Å²) in [6, 6.07) is 2.00. The molecule has 0 aliphatic heterocycles. The minimum Gasteiger partial charge on any atom is -0.312 e. The van der Waals surface area contributed by atoms with E-state index in [1.807, 2.05) is 35.6 Å². The molecule has 0 unspecified atom stereocenters. The molecule has 2 aromatic rings. The van der Waals surface area contributed by atoms with Crippen molar-refractivity contribution in [3.63, 3.8) is 0 Å². The molecule has 2 aromatic heterocycles. The first kappa shape index (κ1) is 11.6. The Balaban J connectivity index is 1.69. The lowest BCUT2D eigenvalue weighted by Crippen LogP contribution is -2.15. The molecule has 0 saturated carbocycles. The molecule has 0 aromatic carbocycles. The molecule has 0 saturated heterocycles. The lowest BCUT2D eigenvalue weighted by molar-refractivity contribution is 0.693. The van der Waals surface area contributed by atoms with Crippen molar-refractivity contribution in [2.75, 3.05) is 6.54 Å². The van der Waals surface area contributed by atoms with E-state index in [9.17, 15) is 0 Å². The molecular weight excluding hydrogens is 242 g/mol. The first-order valence-corrected chi connectivity index (χ1v) is 6.41. The van der Waals surface area contributed by atoms with Crippen LogP contribution in [0.2, 0.25) is 5.02 Å². The molecule has 86 valence electrons. The lowest BCUT2D eigenvalue weighted by Gasteiger charge is -2.00. The summed E-state index contributed by atoms with van der Waals surface area (Å²) in [5.74, 6) is 0. The van der Waals surface area contributed by atoms with Crippen molar-refractivity contribution in [2.45, 2.75) is 13.0 Å². The summed E-state index contributed by atoms with van der Waals surface area (Å²) in [6.07, 6.45) is 4.96. The fourth-order valence-electron chi connectivity index (χ4n) is 1.49. The highest BCUT2D eigenvalue weighted by atomic mass is 35.5. The maximum Gasteiger partial charge on any atom is 0.0522 e. The van der Waals surface area contributed by atoms with E-state index in [0.717, 1.165) is 24.5 Å². The van der Waals surface area contributed by atoms with Gasteiger partial charge in [-0.05, 0) is 24.6 Å². The van der Waals surface area contributed by atoms with E-state index in [2.05, 4.69) is 10.4 Å². The van der Waals surface area contributed by atoms with Gasteiger partial charge in [-0.2, -0.15) is 5.10 Å². The predicted octanol–water partition coefficient (Wildman–Crippen LogP) is 2.47. The topological polar surface area (TPSA) is 29.9 Å². The van der Waals surface area contributed by atoms with Gasteiger partial charge in [-0.15, -0.1) is 11.3 Å². The zero-order chi connectivity index (χ0) is 11.4. The number of hydrogen-bond donors (Lipinski definition) is 1. The molecule has 0 aliphatic rings. The third-order valence-corrected chi connectivity index (χ3v) is 3.55. The van der Waals surface area contributed by atoms with E-state index in [1.54, 1.807) is 11.3 Å². The second-order valence-electron chi connectivity index (χ2n) is 3.68. The third kappa shape index (κ3) is 3.33. The summed E-state index contributed by atoms with van der Waals surface area (Å²) in [7, 11) is 1.94. The van der Waals surface area contributed by atoms with Crippen LogP contribution in [0.4, 0.5) is 0 Å². The normalized spacial score (nSPS) is 10.9. The van der Waals surface area contributed by atoms with Gasteiger partial charge >= 0.3 is 0 Å². The lowest BCUT2D eigenvalue weighted by atomic mass is 10.2. The summed E-state index contributed by atoms with van der Waals surface area (Å²) < 4.78 is 1.83. The Kier molecular flexibility index (Phi) is 3.98. The van der Waals surface area contributed by atoms with Crippen LogP contribution in [0.15, 0.2) is 23.8 Å². The van der Waals surface area contributed by atoms with Crippen molar-refractivity contribution in [2.24, 2.45) is 7.05 Å². The van der Waals surface area contributed by atoms with Crippen LogP contribution in [-0.2, 0) is 20.0 Å². The van der Waals surface area contributed by atoms with Crippen LogP contribution < -0.4 is 5.32 Å². The van der Waals surface area contributed by atoms with Gasteiger partial charge in [0, 0.05) is 30.0 Å². The molecule has 0 amide bonds. The largest absolute Gasteiger partial charge is 0.312 e. The molecule has 0 spiro atoms. The van der Waals surface area contributed by atoms with Crippen LogP contribution in [0.25, 0.3) is 0 Å². The van der Waals surface area contributed by atoms with Crippen molar-refractivity contribution < 1.29 is 0 Å². The Hall–Kier alpha value is -0.840. The summed E-state index contributed by atoms with van der Waals surface area (Å²) in [5, 5.41) is 10.3. The SMILES string of the molecule is Cn1cc(CCNCc2cc(Cl)cs2)cn1. The van der Waals surface area contributed by atoms with Crippen LogP contribution in [-0.4, -0.2) is 16.3 Å². The standard InChI is InChI=1S/C11H14ClN3S/c1-15-7-9(5-14-15)2-3-13-6-11-4-10(12)8-16-11/h4-5,7-8,13H,2-3,6H2,1H3. The van der Waals surface area contributed by atoms with Crippen LogP contribution in [0.3, 0.4) is 0 Å². The molecule has 16 heavy (non-hydrogen) atoms. The van der Waals surface area contributed by atoms with Gasteiger partial charge in [0.1, 0.15) is 0 Å². The number of rotatable bonds is 5. The number of halogens is 1. The number of nitrogens with zero attached hydrogens (tertiary/aromatic N) is 2. The second kappa shape index (κ2) is 5.48. The highest BCUT2D eigenvalue weighted by Gasteiger charge is 1.98. The fraction of sp³-hybridized carbons (Fsp3) is 0.364. The van der Waals surface area contributed by atoms with Crippen LogP contribution in [0.1, 0.15) is 10.4 Å². The Bertz CT molecular complexity index is 407. The molecule has 2 rings (SSSR count). The van der Waals surface area contributed by atoms with Gasteiger partial charge in [-0.25, -0.2) is 0 Å². The molecule has 0 bridgehead atoms. The van der Waals surface area contributed by atoms with Crippen LogP contribution in [0.5, 0.6) is 0 Å². The van der Waals surface area contributed by atoms with E-state index in [4.69, 9.17) is 11.6 Å². The summed E-state index contributed by atoms with van der Waals surface area (Å²) in [6.45, 7) is 1.85. The monoisotopic (exact) mass is 255 g/mol. The smallest absolute Gasteiger partial charge is 0.0522 e. The summed E-state index contributed by atoms with van der Waals surface area (Å²) in [4.78, 5) is 1.27. The number of nitrogens with one attached hydrogen (secondary N) is 1. The minimum atomic E-state index is 0.828. The number of aryl methyl sites for hydroxylation is 1. The second-order valence-corrected chi connectivity index (χ2v) is 5.11. The molecule has 0 atom stereocenters. The van der Waals surface area contributed by atoms with E-state index >= 15 is 0 Å². The van der Waals surface area contributed by atoms with Gasteiger partial charge in [0.25, 0.3) is 0 Å². The first-order valence-electron chi connectivity index (χ1n) is 5.15. The van der Waals surface area contributed by atoms with Gasteiger partial charge in [0.05, 0.1) is 11.2 Å². The van der Waals surface area contributed by atoms with E-state index in [1.165, 1.54) is 10.4 Å². The van der Waals surface area contributed by atoms with Crippen molar-refractivity contribution in [3.05, 3.63) is 39.3 Å². The van der Waals surface area contributed by atoms with Crippen molar-refractivity contribution in [3.8, 4) is 0 Å². The predicted molar refractivity (Wildman–Crippen MR) is 67.9 cm³/mol. The summed E-state index contributed by atoms with van der Waals surface area (Å²) in [5.41, 5.74) is 1.26.